The molecule has 0 saturated carbocycles. The normalized spacial score (nSPS) is 16.6. The van der Waals surface area contributed by atoms with E-state index in [2.05, 4.69) is 34.9 Å². The zero-order valence-corrected chi connectivity index (χ0v) is 19.0. The molecular formula is C27H31N3O2. The summed E-state index contributed by atoms with van der Waals surface area (Å²) < 4.78 is 5.27. The first-order valence-electron chi connectivity index (χ1n) is 11.7. The van der Waals surface area contributed by atoms with Gasteiger partial charge in [-0.2, -0.15) is 0 Å². The fourth-order valence-electron chi connectivity index (χ4n) is 5.13. The number of amides is 1. The molecule has 0 atom stereocenters. The average molecular weight is 430 g/mol. The van der Waals surface area contributed by atoms with Crippen molar-refractivity contribution in [2.24, 2.45) is 0 Å². The lowest BCUT2D eigenvalue weighted by Gasteiger charge is -2.26. The van der Waals surface area contributed by atoms with Crippen molar-refractivity contribution in [3.63, 3.8) is 0 Å². The zero-order chi connectivity index (χ0) is 22.1. The number of nitrogens with zero attached hydrogens (tertiary/aromatic N) is 3. The Morgan fingerprint density at radius 3 is 2.50 bits per heavy atom. The maximum Gasteiger partial charge on any atom is 0.259 e. The number of hydrogen-bond acceptors (Lipinski definition) is 4. The molecule has 0 spiro atoms. The highest BCUT2D eigenvalue weighted by atomic mass is 16.5. The van der Waals surface area contributed by atoms with Gasteiger partial charge in [0, 0.05) is 41.7 Å². The molecule has 0 aliphatic carbocycles. The second kappa shape index (κ2) is 8.83. The van der Waals surface area contributed by atoms with Gasteiger partial charge in [-0.1, -0.05) is 31.2 Å². The minimum atomic E-state index is 0.0866. The summed E-state index contributed by atoms with van der Waals surface area (Å²) in [6.45, 7) is 8.33. The van der Waals surface area contributed by atoms with Gasteiger partial charge in [0.15, 0.2) is 0 Å². The molecule has 0 aromatic heterocycles. The monoisotopic (exact) mass is 429 g/mol. The number of benzene rings is 3. The van der Waals surface area contributed by atoms with E-state index in [1.54, 1.807) is 7.11 Å². The van der Waals surface area contributed by atoms with E-state index < -0.39 is 0 Å². The molecular weight excluding hydrogens is 398 g/mol. The fourth-order valence-corrected chi connectivity index (χ4v) is 5.13. The van der Waals surface area contributed by atoms with E-state index in [0.29, 0.717) is 6.54 Å². The van der Waals surface area contributed by atoms with E-state index in [9.17, 15) is 4.79 Å². The number of methoxy groups -OCH3 is 1. The highest BCUT2D eigenvalue weighted by Gasteiger charge is 2.31. The maximum absolute atomic E-state index is 13.3. The molecule has 2 heterocycles. The van der Waals surface area contributed by atoms with Crippen molar-refractivity contribution in [3.8, 4) is 5.75 Å². The smallest absolute Gasteiger partial charge is 0.259 e. The van der Waals surface area contributed by atoms with Crippen molar-refractivity contribution in [3.05, 3.63) is 65.7 Å². The van der Waals surface area contributed by atoms with E-state index in [1.807, 2.05) is 41.3 Å². The Morgan fingerprint density at radius 2 is 1.72 bits per heavy atom. The summed E-state index contributed by atoms with van der Waals surface area (Å²) in [5.74, 6) is 0.912. The highest BCUT2D eigenvalue weighted by molar-refractivity contribution is 6.26. The van der Waals surface area contributed by atoms with Gasteiger partial charge in [-0.3, -0.25) is 4.79 Å². The Balaban J connectivity index is 1.47. The summed E-state index contributed by atoms with van der Waals surface area (Å²) in [6.07, 6.45) is 2.37. The van der Waals surface area contributed by atoms with Crippen LogP contribution in [-0.4, -0.2) is 50.6 Å². The standard InChI is InChI=1S/C27H31N3O2/c1-3-14-28-15-5-16-29(18-17-28)24-12-13-25-26-22(24)6-4-7-23(26)27(31)30(25)19-20-8-10-21(32-2)11-9-20/h4,6-13H,3,5,14-19H2,1-2H3. The molecule has 0 bridgehead atoms. The number of hydrogen-bond donors (Lipinski definition) is 0. The van der Waals surface area contributed by atoms with E-state index in [1.165, 1.54) is 37.0 Å². The van der Waals surface area contributed by atoms with Crippen LogP contribution in [0.5, 0.6) is 5.75 Å². The summed E-state index contributed by atoms with van der Waals surface area (Å²) in [5, 5.41) is 2.28. The third kappa shape index (κ3) is 3.71. The average Bonchev–Trinajstić information content (AvgIpc) is 2.96. The molecule has 3 aromatic carbocycles. The summed E-state index contributed by atoms with van der Waals surface area (Å²) >= 11 is 0. The molecule has 0 N–H and O–H groups in total. The van der Waals surface area contributed by atoms with Crippen LogP contribution in [0.1, 0.15) is 35.7 Å². The first-order chi connectivity index (χ1) is 15.7. The quantitative estimate of drug-likeness (QED) is 0.557. The van der Waals surface area contributed by atoms with Crippen LogP contribution in [0.4, 0.5) is 11.4 Å². The van der Waals surface area contributed by atoms with E-state index in [-0.39, 0.29) is 5.91 Å². The summed E-state index contributed by atoms with van der Waals surface area (Å²) in [6, 6.07) is 18.5. The van der Waals surface area contributed by atoms with Crippen molar-refractivity contribution in [1.29, 1.82) is 0 Å². The van der Waals surface area contributed by atoms with Crippen molar-refractivity contribution >= 4 is 28.1 Å². The van der Waals surface area contributed by atoms with Crippen molar-refractivity contribution in [2.75, 3.05) is 49.6 Å². The van der Waals surface area contributed by atoms with Gasteiger partial charge in [-0.25, -0.2) is 0 Å². The Kier molecular flexibility index (Phi) is 5.75. The second-order valence-corrected chi connectivity index (χ2v) is 8.75. The second-order valence-electron chi connectivity index (χ2n) is 8.75. The van der Waals surface area contributed by atoms with Gasteiger partial charge < -0.3 is 19.4 Å². The van der Waals surface area contributed by atoms with Crippen LogP contribution in [0, 0.1) is 0 Å². The van der Waals surface area contributed by atoms with Crippen LogP contribution >= 0.6 is 0 Å². The Labute approximate surface area is 190 Å². The van der Waals surface area contributed by atoms with Gasteiger partial charge in [0.05, 0.1) is 19.3 Å². The van der Waals surface area contributed by atoms with Gasteiger partial charge in [-0.15, -0.1) is 0 Å². The molecule has 0 unspecified atom stereocenters. The molecule has 1 saturated heterocycles. The fraction of sp³-hybridized carbons (Fsp3) is 0.370. The predicted octanol–water partition coefficient (Wildman–Crippen LogP) is 4.93. The molecule has 0 radical (unpaired) electrons. The summed E-state index contributed by atoms with van der Waals surface area (Å²) in [5.41, 5.74) is 4.17. The lowest BCUT2D eigenvalue weighted by Crippen LogP contribution is -2.31. The number of rotatable bonds is 6. The Bertz CT molecular complexity index is 1130. The number of anilines is 2. The first-order valence-corrected chi connectivity index (χ1v) is 11.7. The summed E-state index contributed by atoms with van der Waals surface area (Å²) in [7, 11) is 1.67. The lowest BCUT2D eigenvalue weighted by atomic mass is 10.0. The number of carbonyl (C=O) groups is 1. The van der Waals surface area contributed by atoms with Gasteiger partial charge >= 0.3 is 0 Å². The third-order valence-corrected chi connectivity index (χ3v) is 6.73. The van der Waals surface area contributed by atoms with Crippen molar-refractivity contribution in [2.45, 2.75) is 26.3 Å². The Morgan fingerprint density at radius 1 is 0.906 bits per heavy atom. The number of carbonyl (C=O) groups excluding carboxylic acids is 1. The van der Waals surface area contributed by atoms with E-state index in [0.717, 1.165) is 47.6 Å². The lowest BCUT2D eigenvalue weighted by molar-refractivity contribution is 0.0991. The maximum atomic E-state index is 13.3. The van der Waals surface area contributed by atoms with Gasteiger partial charge in [0.25, 0.3) is 5.91 Å². The highest BCUT2D eigenvalue weighted by Crippen LogP contribution is 2.42. The number of ether oxygens (including phenoxy) is 1. The molecule has 1 fully saturated rings. The third-order valence-electron chi connectivity index (χ3n) is 6.73. The topological polar surface area (TPSA) is 36.0 Å². The molecule has 166 valence electrons. The van der Waals surface area contributed by atoms with Crippen molar-refractivity contribution in [1.82, 2.24) is 4.90 Å². The first kappa shape index (κ1) is 20.8. The predicted molar refractivity (Wildman–Crippen MR) is 131 cm³/mol. The minimum absolute atomic E-state index is 0.0866. The molecule has 5 heteroatoms. The molecule has 2 aliphatic rings. The van der Waals surface area contributed by atoms with E-state index >= 15 is 0 Å². The van der Waals surface area contributed by atoms with Crippen LogP contribution in [0.15, 0.2) is 54.6 Å². The van der Waals surface area contributed by atoms with Gasteiger partial charge in [0.1, 0.15) is 5.75 Å². The molecule has 32 heavy (non-hydrogen) atoms. The van der Waals surface area contributed by atoms with Crippen molar-refractivity contribution < 1.29 is 9.53 Å². The molecule has 2 aliphatic heterocycles. The SMILES string of the molecule is CCCN1CCCN(c2ccc3c4c(cccc24)C(=O)N3Cc2ccc(OC)cc2)CC1. The molecule has 1 amide bonds. The molecule has 3 aromatic rings. The summed E-state index contributed by atoms with van der Waals surface area (Å²) in [4.78, 5) is 20.3. The van der Waals surface area contributed by atoms with Crippen LogP contribution in [0.2, 0.25) is 0 Å². The van der Waals surface area contributed by atoms with E-state index in [4.69, 9.17) is 4.74 Å². The van der Waals surface area contributed by atoms with Gasteiger partial charge in [-0.05, 0) is 61.8 Å². The van der Waals surface area contributed by atoms with Crippen LogP contribution < -0.4 is 14.5 Å². The Hall–Kier alpha value is -3.05. The van der Waals surface area contributed by atoms with Crippen LogP contribution in [0.25, 0.3) is 10.8 Å². The molecule has 5 nitrogen and oxygen atoms in total. The van der Waals surface area contributed by atoms with Crippen LogP contribution in [-0.2, 0) is 6.54 Å². The van der Waals surface area contributed by atoms with Gasteiger partial charge in [0.2, 0.25) is 0 Å². The largest absolute Gasteiger partial charge is 0.497 e. The molecule has 5 rings (SSSR count). The minimum Gasteiger partial charge on any atom is -0.497 e. The van der Waals surface area contributed by atoms with Crippen LogP contribution in [0.3, 0.4) is 0 Å². The zero-order valence-electron chi connectivity index (χ0n) is 19.0.